The maximum Gasteiger partial charge on any atom is 0.414 e. The Morgan fingerprint density at radius 2 is 2.00 bits per heavy atom. The lowest BCUT2D eigenvalue weighted by Gasteiger charge is -2.42. The Hall–Kier alpha value is -3.88. The molecule has 204 valence electrons. The number of halogens is 2. The molecule has 0 aromatic carbocycles. The minimum atomic E-state index is -3.15. The molecule has 0 spiro atoms. The SMILES string of the molecule is CCOc1cnc(NC(=O)N(C)[C@H]2CN(c3nccc(OC(=O)NC4[C@H]5CNC[C@@H]45)n3)CCC2(F)F)cn1. The van der Waals surface area contributed by atoms with E-state index in [-0.39, 0.29) is 42.7 Å². The molecule has 2 saturated heterocycles. The first-order valence-electron chi connectivity index (χ1n) is 12.4. The maximum atomic E-state index is 14.9. The Morgan fingerprint density at radius 1 is 1.21 bits per heavy atom. The van der Waals surface area contributed by atoms with Gasteiger partial charge in [-0.2, -0.15) is 4.98 Å². The smallest absolute Gasteiger partial charge is 0.414 e. The molecule has 13 nitrogen and oxygen atoms in total. The predicted molar refractivity (Wildman–Crippen MR) is 130 cm³/mol. The van der Waals surface area contributed by atoms with E-state index >= 15 is 0 Å². The number of rotatable bonds is 7. The molecule has 4 atom stereocenters. The van der Waals surface area contributed by atoms with Crippen LogP contribution in [0.15, 0.2) is 24.7 Å². The molecule has 0 radical (unpaired) electrons. The van der Waals surface area contributed by atoms with E-state index in [0.29, 0.717) is 18.4 Å². The van der Waals surface area contributed by atoms with Gasteiger partial charge in [-0.25, -0.2) is 33.3 Å². The molecule has 3 N–H and O–H groups in total. The van der Waals surface area contributed by atoms with Crippen molar-refractivity contribution in [1.82, 2.24) is 35.5 Å². The van der Waals surface area contributed by atoms with Crippen LogP contribution < -0.4 is 30.3 Å². The second-order valence-corrected chi connectivity index (χ2v) is 9.43. The van der Waals surface area contributed by atoms with Gasteiger partial charge in [0.2, 0.25) is 17.7 Å². The van der Waals surface area contributed by atoms with Gasteiger partial charge in [-0.05, 0) is 18.8 Å². The molecular formula is C23H29F2N9O4. The Bertz CT molecular complexity index is 1160. The van der Waals surface area contributed by atoms with Crippen molar-refractivity contribution in [3.63, 3.8) is 0 Å². The van der Waals surface area contributed by atoms with Gasteiger partial charge in [0.15, 0.2) is 5.82 Å². The third-order valence-corrected chi connectivity index (χ3v) is 7.01. The van der Waals surface area contributed by atoms with Crippen molar-refractivity contribution in [3.05, 3.63) is 24.7 Å². The van der Waals surface area contributed by atoms with Crippen molar-refractivity contribution in [3.8, 4) is 11.8 Å². The van der Waals surface area contributed by atoms with Gasteiger partial charge in [0.25, 0.3) is 5.92 Å². The number of aromatic nitrogens is 4. The van der Waals surface area contributed by atoms with E-state index in [4.69, 9.17) is 9.47 Å². The van der Waals surface area contributed by atoms with Gasteiger partial charge >= 0.3 is 12.1 Å². The Morgan fingerprint density at radius 3 is 2.71 bits per heavy atom. The molecule has 1 unspecified atom stereocenters. The highest BCUT2D eigenvalue weighted by Gasteiger charge is 2.54. The summed E-state index contributed by atoms with van der Waals surface area (Å²) >= 11 is 0. The Kier molecular flexibility index (Phi) is 7.10. The van der Waals surface area contributed by atoms with Crippen LogP contribution >= 0.6 is 0 Å². The number of carbonyl (C=O) groups is 2. The zero-order valence-electron chi connectivity index (χ0n) is 20.9. The van der Waals surface area contributed by atoms with Crippen LogP contribution in [-0.4, -0.2) is 94.8 Å². The summed E-state index contributed by atoms with van der Waals surface area (Å²) in [6, 6.07) is -0.743. The molecule has 4 heterocycles. The van der Waals surface area contributed by atoms with Crippen molar-refractivity contribution in [2.24, 2.45) is 11.8 Å². The highest BCUT2D eigenvalue weighted by Crippen LogP contribution is 2.41. The number of fused-ring (bicyclic) bond motifs is 1. The number of amides is 3. The van der Waals surface area contributed by atoms with Gasteiger partial charge < -0.3 is 29.9 Å². The summed E-state index contributed by atoms with van der Waals surface area (Å²) in [6.07, 6.45) is 2.86. The molecular weight excluding hydrogens is 504 g/mol. The fourth-order valence-corrected chi connectivity index (χ4v) is 4.85. The number of hydrogen-bond donors (Lipinski definition) is 3. The van der Waals surface area contributed by atoms with E-state index in [2.05, 4.69) is 35.9 Å². The zero-order chi connectivity index (χ0) is 26.9. The number of ether oxygens (including phenoxy) is 2. The predicted octanol–water partition coefficient (Wildman–Crippen LogP) is 1.35. The van der Waals surface area contributed by atoms with Crippen LogP contribution in [0.4, 0.5) is 30.1 Å². The third kappa shape index (κ3) is 5.51. The molecule has 1 saturated carbocycles. The Labute approximate surface area is 217 Å². The van der Waals surface area contributed by atoms with Crippen LogP contribution in [0.1, 0.15) is 13.3 Å². The van der Waals surface area contributed by atoms with Crippen LogP contribution in [0.3, 0.4) is 0 Å². The monoisotopic (exact) mass is 533 g/mol. The summed E-state index contributed by atoms with van der Waals surface area (Å²) in [6.45, 7) is 3.66. The first kappa shape index (κ1) is 25.8. The van der Waals surface area contributed by atoms with E-state index in [1.165, 1.54) is 36.6 Å². The molecule has 0 bridgehead atoms. The number of likely N-dealkylation sites (N-methyl/N-ethyl adjacent to an activating group) is 1. The van der Waals surface area contributed by atoms with Gasteiger partial charge in [-0.3, -0.25) is 5.32 Å². The zero-order valence-corrected chi connectivity index (χ0v) is 20.9. The molecule has 2 aromatic heterocycles. The van der Waals surface area contributed by atoms with E-state index < -0.39 is 30.5 Å². The van der Waals surface area contributed by atoms with Gasteiger partial charge in [-0.15, -0.1) is 0 Å². The first-order chi connectivity index (χ1) is 18.2. The van der Waals surface area contributed by atoms with Crippen LogP contribution in [-0.2, 0) is 0 Å². The highest BCUT2D eigenvalue weighted by molar-refractivity contribution is 5.88. The fraction of sp³-hybridized carbons (Fsp3) is 0.565. The van der Waals surface area contributed by atoms with Crippen molar-refractivity contribution < 1.29 is 27.8 Å². The summed E-state index contributed by atoms with van der Waals surface area (Å²) in [5.41, 5.74) is 0. The number of anilines is 2. The lowest BCUT2D eigenvalue weighted by molar-refractivity contribution is -0.0760. The maximum absolute atomic E-state index is 14.9. The minimum absolute atomic E-state index is 0.00508. The molecule has 3 amide bonds. The van der Waals surface area contributed by atoms with E-state index in [1.54, 1.807) is 6.92 Å². The highest BCUT2D eigenvalue weighted by atomic mass is 19.3. The van der Waals surface area contributed by atoms with Crippen LogP contribution in [0.25, 0.3) is 0 Å². The van der Waals surface area contributed by atoms with E-state index in [9.17, 15) is 18.4 Å². The van der Waals surface area contributed by atoms with E-state index in [0.717, 1.165) is 18.0 Å². The molecule has 3 aliphatic rings. The van der Waals surface area contributed by atoms with Gasteiger partial charge in [0.1, 0.15) is 6.04 Å². The van der Waals surface area contributed by atoms with Crippen molar-refractivity contribution in [1.29, 1.82) is 0 Å². The number of nitrogens with zero attached hydrogens (tertiary/aromatic N) is 6. The quantitative estimate of drug-likeness (QED) is 0.477. The van der Waals surface area contributed by atoms with Crippen LogP contribution in [0.2, 0.25) is 0 Å². The first-order valence-corrected chi connectivity index (χ1v) is 12.4. The average molecular weight is 534 g/mol. The number of carbonyl (C=O) groups excluding carboxylic acids is 2. The second-order valence-electron chi connectivity index (χ2n) is 9.43. The number of piperidine rings is 2. The van der Waals surface area contributed by atoms with Gasteiger partial charge in [-0.1, -0.05) is 0 Å². The van der Waals surface area contributed by atoms with Crippen molar-refractivity contribution >= 4 is 23.9 Å². The largest absolute Gasteiger partial charge is 0.477 e. The topological polar surface area (TPSA) is 147 Å². The van der Waals surface area contributed by atoms with Crippen molar-refractivity contribution in [2.75, 3.05) is 50.1 Å². The molecule has 5 rings (SSSR count). The van der Waals surface area contributed by atoms with Crippen LogP contribution in [0.5, 0.6) is 11.8 Å². The summed E-state index contributed by atoms with van der Waals surface area (Å²) in [4.78, 5) is 43.9. The van der Waals surface area contributed by atoms with Crippen molar-refractivity contribution in [2.45, 2.75) is 31.4 Å². The molecule has 2 aromatic rings. The third-order valence-electron chi connectivity index (χ3n) is 7.01. The average Bonchev–Trinajstić information content (AvgIpc) is 3.29. The van der Waals surface area contributed by atoms with Gasteiger partial charge in [0, 0.05) is 58.0 Å². The minimum Gasteiger partial charge on any atom is -0.477 e. The number of hydrogen-bond acceptors (Lipinski definition) is 10. The number of urea groups is 1. The van der Waals surface area contributed by atoms with Crippen LogP contribution in [0, 0.1) is 11.8 Å². The molecule has 38 heavy (non-hydrogen) atoms. The molecule has 15 heteroatoms. The normalized spacial score (nSPS) is 25.2. The summed E-state index contributed by atoms with van der Waals surface area (Å²) in [5, 5.41) is 8.56. The van der Waals surface area contributed by atoms with Gasteiger partial charge in [0.05, 0.1) is 19.0 Å². The standard InChI is InChI=1S/C23H29F2N9O4/c1-3-37-18-11-28-16(10-29-18)30-21(35)33(2)15-12-34(7-5-23(15,24)25)20-27-6-4-17(31-20)38-22(36)32-19-13-8-26-9-14(13)19/h4,6,10-11,13-15,19,26H,3,5,7-9,12H2,1-2H3,(H,32,36)(H,28,30,35)/t13-,14+,15-,19?/m0/s1. The summed E-state index contributed by atoms with van der Waals surface area (Å²) in [5.74, 6) is -1.81. The molecule has 2 aliphatic heterocycles. The summed E-state index contributed by atoms with van der Waals surface area (Å²) < 4.78 is 40.3. The number of nitrogens with one attached hydrogen (secondary N) is 3. The Balaban J connectivity index is 1.20. The second kappa shape index (κ2) is 10.5. The lowest BCUT2D eigenvalue weighted by Crippen LogP contribution is -2.60. The number of alkyl halides is 2. The fourth-order valence-electron chi connectivity index (χ4n) is 4.85. The van der Waals surface area contributed by atoms with E-state index in [1.807, 2.05) is 0 Å². The summed E-state index contributed by atoms with van der Waals surface area (Å²) in [7, 11) is 1.28. The molecule has 1 aliphatic carbocycles. The lowest BCUT2D eigenvalue weighted by atomic mass is 10.00. The molecule has 3 fully saturated rings.